The normalized spacial score (nSPS) is 15.2. The van der Waals surface area contributed by atoms with Gasteiger partial charge in [0.15, 0.2) is 0 Å². The third-order valence-corrected chi connectivity index (χ3v) is 4.62. The van der Waals surface area contributed by atoms with Crippen LogP contribution < -0.4 is 10.2 Å². The standard InChI is InChI=1S/C20H21N5O/c26-19(23-18-7-3-4-9-21-18)15-24-11-13-25(14-12-24)20-17-6-2-1-5-16(17)8-10-22-20/h1-10H,11-15H2,(H,21,23,26). The zero-order valence-electron chi connectivity index (χ0n) is 14.5. The van der Waals surface area contributed by atoms with Crippen molar-refractivity contribution < 1.29 is 4.79 Å². The number of rotatable bonds is 4. The van der Waals surface area contributed by atoms with Crippen molar-refractivity contribution in [3.8, 4) is 0 Å². The number of anilines is 2. The molecule has 26 heavy (non-hydrogen) atoms. The molecule has 0 aliphatic carbocycles. The number of benzene rings is 1. The van der Waals surface area contributed by atoms with Crippen LogP contribution in [-0.4, -0.2) is 53.5 Å². The van der Waals surface area contributed by atoms with Crippen molar-refractivity contribution in [2.45, 2.75) is 0 Å². The predicted molar refractivity (Wildman–Crippen MR) is 103 cm³/mol. The van der Waals surface area contributed by atoms with Gasteiger partial charge in [0.25, 0.3) is 0 Å². The van der Waals surface area contributed by atoms with E-state index in [0.29, 0.717) is 12.4 Å². The molecule has 1 N–H and O–H groups in total. The summed E-state index contributed by atoms with van der Waals surface area (Å²) in [6, 6.07) is 15.8. The van der Waals surface area contributed by atoms with E-state index in [9.17, 15) is 4.79 Å². The molecule has 0 radical (unpaired) electrons. The predicted octanol–water partition coefficient (Wildman–Crippen LogP) is 2.39. The molecule has 1 aromatic carbocycles. The molecule has 0 atom stereocenters. The molecule has 1 amide bonds. The van der Waals surface area contributed by atoms with E-state index in [1.54, 1.807) is 12.3 Å². The minimum absolute atomic E-state index is 0.0274. The molecule has 132 valence electrons. The van der Waals surface area contributed by atoms with E-state index >= 15 is 0 Å². The van der Waals surface area contributed by atoms with Gasteiger partial charge in [-0.1, -0.05) is 30.3 Å². The lowest BCUT2D eigenvalue weighted by Gasteiger charge is -2.35. The molecule has 0 unspecified atom stereocenters. The van der Waals surface area contributed by atoms with Crippen molar-refractivity contribution in [3.05, 3.63) is 60.9 Å². The molecule has 3 heterocycles. The first kappa shape index (κ1) is 16.5. The maximum absolute atomic E-state index is 12.2. The summed E-state index contributed by atoms with van der Waals surface area (Å²) in [7, 11) is 0. The molecule has 0 saturated carbocycles. The fourth-order valence-corrected chi connectivity index (χ4v) is 3.30. The van der Waals surface area contributed by atoms with Crippen molar-refractivity contribution in [2.24, 2.45) is 0 Å². The van der Waals surface area contributed by atoms with Gasteiger partial charge in [-0.3, -0.25) is 9.69 Å². The first-order chi connectivity index (χ1) is 12.8. The average Bonchev–Trinajstić information content (AvgIpc) is 2.69. The molecule has 0 spiro atoms. The van der Waals surface area contributed by atoms with E-state index in [-0.39, 0.29) is 5.91 Å². The number of hydrogen-bond acceptors (Lipinski definition) is 5. The van der Waals surface area contributed by atoms with E-state index in [1.807, 2.05) is 36.5 Å². The number of fused-ring (bicyclic) bond motifs is 1. The maximum atomic E-state index is 12.2. The molecule has 1 fully saturated rings. The van der Waals surface area contributed by atoms with Crippen molar-refractivity contribution >= 4 is 28.3 Å². The summed E-state index contributed by atoms with van der Waals surface area (Å²) in [5.74, 6) is 1.59. The highest BCUT2D eigenvalue weighted by molar-refractivity contribution is 5.92. The van der Waals surface area contributed by atoms with Crippen LogP contribution in [0.1, 0.15) is 0 Å². The van der Waals surface area contributed by atoms with Gasteiger partial charge in [0.1, 0.15) is 11.6 Å². The van der Waals surface area contributed by atoms with Crippen LogP contribution in [0.5, 0.6) is 0 Å². The fraction of sp³-hybridized carbons (Fsp3) is 0.250. The summed E-state index contributed by atoms with van der Waals surface area (Å²) >= 11 is 0. The van der Waals surface area contributed by atoms with Gasteiger partial charge in [-0.2, -0.15) is 0 Å². The number of piperazine rings is 1. The van der Waals surface area contributed by atoms with Gasteiger partial charge in [-0.25, -0.2) is 9.97 Å². The van der Waals surface area contributed by atoms with Crippen LogP contribution in [0.4, 0.5) is 11.6 Å². The zero-order chi connectivity index (χ0) is 17.8. The smallest absolute Gasteiger partial charge is 0.239 e. The molecule has 6 nitrogen and oxygen atoms in total. The molecular formula is C20H21N5O. The number of aromatic nitrogens is 2. The SMILES string of the molecule is O=C(CN1CCN(c2nccc3ccccc23)CC1)Nc1ccccn1. The lowest BCUT2D eigenvalue weighted by Crippen LogP contribution is -2.49. The van der Waals surface area contributed by atoms with Crippen LogP contribution in [0, 0.1) is 0 Å². The van der Waals surface area contributed by atoms with Crippen LogP contribution in [0.15, 0.2) is 60.9 Å². The summed E-state index contributed by atoms with van der Waals surface area (Å²) in [5, 5.41) is 5.22. The van der Waals surface area contributed by atoms with Crippen LogP contribution >= 0.6 is 0 Å². The van der Waals surface area contributed by atoms with Crippen molar-refractivity contribution in [1.29, 1.82) is 0 Å². The number of pyridine rings is 2. The van der Waals surface area contributed by atoms with Gasteiger partial charge in [-0.05, 0) is 23.6 Å². The highest BCUT2D eigenvalue weighted by atomic mass is 16.2. The van der Waals surface area contributed by atoms with Crippen LogP contribution in [0.25, 0.3) is 10.8 Å². The maximum Gasteiger partial charge on any atom is 0.239 e. The van der Waals surface area contributed by atoms with Gasteiger partial charge in [0.2, 0.25) is 5.91 Å². The Morgan fingerprint density at radius 3 is 2.54 bits per heavy atom. The van der Waals surface area contributed by atoms with E-state index in [2.05, 4.69) is 37.2 Å². The second kappa shape index (κ2) is 7.49. The Morgan fingerprint density at radius 2 is 1.73 bits per heavy atom. The Labute approximate surface area is 152 Å². The Morgan fingerprint density at radius 1 is 0.923 bits per heavy atom. The van der Waals surface area contributed by atoms with Gasteiger partial charge in [-0.15, -0.1) is 0 Å². The monoisotopic (exact) mass is 347 g/mol. The first-order valence-corrected chi connectivity index (χ1v) is 8.81. The molecule has 1 aliphatic rings. The lowest BCUT2D eigenvalue weighted by atomic mass is 10.1. The molecule has 0 bridgehead atoms. The fourth-order valence-electron chi connectivity index (χ4n) is 3.30. The van der Waals surface area contributed by atoms with E-state index in [0.717, 1.165) is 32.0 Å². The number of hydrogen-bond donors (Lipinski definition) is 1. The zero-order valence-corrected chi connectivity index (χ0v) is 14.5. The van der Waals surface area contributed by atoms with E-state index in [1.165, 1.54) is 10.8 Å². The topological polar surface area (TPSA) is 61.4 Å². The van der Waals surface area contributed by atoms with Crippen molar-refractivity contribution in [3.63, 3.8) is 0 Å². The van der Waals surface area contributed by atoms with Crippen molar-refractivity contribution in [2.75, 3.05) is 42.9 Å². The van der Waals surface area contributed by atoms with E-state index < -0.39 is 0 Å². The van der Waals surface area contributed by atoms with Crippen LogP contribution in [-0.2, 0) is 4.79 Å². The van der Waals surface area contributed by atoms with E-state index in [4.69, 9.17) is 0 Å². The first-order valence-electron chi connectivity index (χ1n) is 8.81. The summed E-state index contributed by atoms with van der Waals surface area (Å²) in [6.45, 7) is 3.77. The summed E-state index contributed by atoms with van der Waals surface area (Å²) in [4.78, 5) is 25.4. The quantitative estimate of drug-likeness (QED) is 0.785. The van der Waals surface area contributed by atoms with Gasteiger partial charge < -0.3 is 10.2 Å². The Kier molecular flexibility index (Phi) is 4.75. The van der Waals surface area contributed by atoms with Crippen LogP contribution in [0.3, 0.4) is 0 Å². The number of nitrogens with zero attached hydrogens (tertiary/aromatic N) is 4. The van der Waals surface area contributed by atoms with Gasteiger partial charge >= 0.3 is 0 Å². The van der Waals surface area contributed by atoms with Crippen molar-refractivity contribution in [1.82, 2.24) is 14.9 Å². The Hall–Kier alpha value is -2.99. The second-order valence-electron chi connectivity index (χ2n) is 6.38. The molecule has 3 aromatic rings. The number of carbonyl (C=O) groups excluding carboxylic acids is 1. The molecule has 6 heteroatoms. The highest BCUT2D eigenvalue weighted by Gasteiger charge is 2.21. The average molecular weight is 347 g/mol. The molecule has 4 rings (SSSR count). The third kappa shape index (κ3) is 3.65. The molecular weight excluding hydrogens is 326 g/mol. The minimum atomic E-state index is -0.0274. The Bertz CT molecular complexity index is 886. The molecule has 2 aromatic heterocycles. The van der Waals surface area contributed by atoms with Gasteiger partial charge in [0, 0.05) is 44.0 Å². The number of nitrogens with one attached hydrogen (secondary N) is 1. The lowest BCUT2D eigenvalue weighted by molar-refractivity contribution is -0.117. The van der Waals surface area contributed by atoms with Gasteiger partial charge in [0.05, 0.1) is 6.54 Å². The third-order valence-electron chi connectivity index (χ3n) is 4.62. The highest BCUT2D eigenvalue weighted by Crippen LogP contribution is 2.24. The summed E-state index contributed by atoms with van der Waals surface area (Å²) in [5.41, 5.74) is 0. The number of amides is 1. The Balaban J connectivity index is 1.36. The molecule has 1 saturated heterocycles. The summed E-state index contributed by atoms with van der Waals surface area (Å²) < 4.78 is 0. The molecule has 1 aliphatic heterocycles. The second-order valence-corrected chi connectivity index (χ2v) is 6.38. The number of carbonyl (C=O) groups is 1. The summed E-state index contributed by atoms with van der Waals surface area (Å²) in [6.07, 6.45) is 3.54. The van der Waals surface area contributed by atoms with Crippen LogP contribution in [0.2, 0.25) is 0 Å². The minimum Gasteiger partial charge on any atom is -0.354 e. The largest absolute Gasteiger partial charge is 0.354 e.